The number of aromatic nitrogens is 2. The van der Waals surface area contributed by atoms with E-state index in [0.717, 1.165) is 42.0 Å². The molecule has 6 heteroatoms. The minimum atomic E-state index is -0.972. The van der Waals surface area contributed by atoms with Crippen LogP contribution >= 0.6 is 11.3 Å². The number of nitrogens with zero attached hydrogens (tertiary/aromatic N) is 3. The summed E-state index contributed by atoms with van der Waals surface area (Å²) >= 11 is 1.68. The van der Waals surface area contributed by atoms with E-state index in [9.17, 15) is 4.21 Å². The lowest BCUT2D eigenvalue weighted by molar-refractivity contribution is 0.221. The SMILES string of the molecule is C[C@H](c1ccc2scnc2c1)N1CCc2cc(S(C)=O)cnc2CC1. The van der Waals surface area contributed by atoms with Gasteiger partial charge in [-0.05, 0) is 42.7 Å². The number of benzene rings is 1. The summed E-state index contributed by atoms with van der Waals surface area (Å²) in [6.45, 7) is 4.25. The molecule has 0 radical (unpaired) electrons. The molecule has 1 unspecified atom stereocenters. The van der Waals surface area contributed by atoms with E-state index in [4.69, 9.17) is 0 Å². The van der Waals surface area contributed by atoms with Crippen LogP contribution in [0.15, 0.2) is 40.9 Å². The van der Waals surface area contributed by atoms with Crippen molar-refractivity contribution >= 4 is 32.4 Å². The van der Waals surface area contributed by atoms with Crippen LogP contribution in [0.4, 0.5) is 0 Å². The maximum absolute atomic E-state index is 11.7. The van der Waals surface area contributed by atoms with E-state index in [1.165, 1.54) is 15.8 Å². The van der Waals surface area contributed by atoms with Crippen molar-refractivity contribution in [2.24, 2.45) is 0 Å². The molecular weight excluding hydrogens is 350 g/mol. The predicted molar refractivity (Wildman–Crippen MR) is 104 cm³/mol. The predicted octanol–water partition coefficient (Wildman–Crippen LogP) is 3.59. The summed E-state index contributed by atoms with van der Waals surface area (Å²) < 4.78 is 13.0. The maximum atomic E-state index is 11.7. The third-order valence-corrected chi connectivity index (χ3v) is 6.75. The molecule has 0 spiro atoms. The summed E-state index contributed by atoms with van der Waals surface area (Å²) in [6, 6.07) is 9.04. The molecule has 2 aromatic heterocycles. The van der Waals surface area contributed by atoms with Gasteiger partial charge in [-0.3, -0.25) is 14.1 Å². The van der Waals surface area contributed by atoms with Gasteiger partial charge in [-0.15, -0.1) is 11.3 Å². The van der Waals surface area contributed by atoms with Crippen molar-refractivity contribution in [3.05, 3.63) is 52.8 Å². The number of thiazole rings is 1. The fourth-order valence-electron chi connectivity index (χ4n) is 3.47. The molecule has 25 heavy (non-hydrogen) atoms. The highest BCUT2D eigenvalue weighted by molar-refractivity contribution is 7.84. The molecule has 0 bridgehead atoms. The van der Waals surface area contributed by atoms with Crippen LogP contribution in [0.1, 0.15) is 29.8 Å². The standard InChI is InChI=1S/C19H21N3OS2/c1-13(14-3-4-19-18(10-14)21-12-24-19)22-7-5-15-9-16(25(2)23)11-20-17(15)6-8-22/h3-4,9-13H,5-8H2,1-2H3/t13-,25?/m1/s1. The van der Waals surface area contributed by atoms with Crippen molar-refractivity contribution in [2.75, 3.05) is 19.3 Å². The Labute approximate surface area is 154 Å². The summed E-state index contributed by atoms with van der Waals surface area (Å²) in [7, 11) is -0.972. The Morgan fingerprint density at radius 1 is 1.20 bits per heavy atom. The van der Waals surface area contributed by atoms with Gasteiger partial charge in [0.2, 0.25) is 0 Å². The van der Waals surface area contributed by atoms with E-state index in [1.54, 1.807) is 23.8 Å². The Hall–Kier alpha value is -1.63. The van der Waals surface area contributed by atoms with Crippen molar-refractivity contribution in [3.63, 3.8) is 0 Å². The van der Waals surface area contributed by atoms with Gasteiger partial charge in [0.25, 0.3) is 0 Å². The van der Waals surface area contributed by atoms with Crippen LogP contribution in [0.25, 0.3) is 10.2 Å². The second-order valence-electron chi connectivity index (χ2n) is 6.52. The number of hydrogen-bond donors (Lipinski definition) is 0. The number of pyridine rings is 1. The molecule has 0 amide bonds. The van der Waals surface area contributed by atoms with Crippen LogP contribution in [-0.4, -0.2) is 38.4 Å². The van der Waals surface area contributed by atoms with Gasteiger partial charge >= 0.3 is 0 Å². The third kappa shape index (κ3) is 3.38. The lowest BCUT2D eigenvalue weighted by atomic mass is 10.1. The first kappa shape index (κ1) is 16.8. The Morgan fingerprint density at radius 3 is 2.88 bits per heavy atom. The molecular formula is C19H21N3OS2. The highest BCUT2D eigenvalue weighted by Crippen LogP contribution is 2.27. The lowest BCUT2D eigenvalue weighted by Gasteiger charge is -2.27. The van der Waals surface area contributed by atoms with Crippen LogP contribution in [-0.2, 0) is 23.6 Å². The molecule has 0 saturated carbocycles. The van der Waals surface area contributed by atoms with Crippen LogP contribution in [0.5, 0.6) is 0 Å². The van der Waals surface area contributed by atoms with Gasteiger partial charge in [0.15, 0.2) is 0 Å². The van der Waals surface area contributed by atoms with Gasteiger partial charge in [0, 0.05) is 43.7 Å². The van der Waals surface area contributed by atoms with E-state index in [2.05, 4.69) is 46.1 Å². The first-order chi connectivity index (χ1) is 12.1. The molecule has 130 valence electrons. The lowest BCUT2D eigenvalue weighted by Crippen LogP contribution is -2.29. The fraction of sp³-hybridized carbons (Fsp3) is 0.368. The molecule has 3 aromatic rings. The average Bonchev–Trinajstić information content (AvgIpc) is 2.99. The Balaban J connectivity index is 1.55. The van der Waals surface area contributed by atoms with E-state index in [-0.39, 0.29) is 0 Å². The smallest absolute Gasteiger partial charge is 0.0815 e. The van der Waals surface area contributed by atoms with E-state index >= 15 is 0 Å². The molecule has 0 N–H and O–H groups in total. The number of rotatable bonds is 3. The molecule has 1 aromatic carbocycles. The van der Waals surface area contributed by atoms with Crippen LogP contribution in [0.3, 0.4) is 0 Å². The van der Waals surface area contributed by atoms with Gasteiger partial charge in [-0.25, -0.2) is 4.98 Å². The van der Waals surface area contributed by atoms with Crippen molar-refractivity contribution in [3.8, 4) is 0 Å². The quantitative estimate of drug-likeness (QED) is 0.706. The van der Waals surface area contributed by atoms with E-state index in [0.29, 0.717) is 6.04 Å². The van der Waals surface area contributed by atoms with Gasteiger partial charge in [-0.2, -0.15) is 0 Å². The second-order valence-corrected chi connectivity index (χ2v) is 8.79. The van der Waals surface area contributed by atoms with Gasteiger partial charge < -0.3 is 0 Å². The Bertz CT molecular complexity index is 937. The molecule has 4 nitrogen and oxygen atoms in total. The molecule has 1 aliphatic heterocycles. The maximum Gasteiger partial charge on any atom is 0.0815 e. The van der Waals surface area contributed by atoms with Gasteiger partial charge in [0.05, 0.1) is 31.4 Å². The largest absolute Gasteiger partial charge is 0.296 e. The van der Waals surface area contributed by atoms with E-state index in [1.807, 2.05) is 5.51 Å². The fourth-order valence-corrected chi connectivity index (χ4v) is 4.64. The monoisotopic (exact) mass is 371 g/mol. The summed E-state index contributed by atoms with van der Waals surface area (Å²) in [5, 5.41) is 0. The van der Waals surface area contributed by atoms with Crippen LogP contribution in [0.2, 0.25) is 0 Å². The van der Waals surface area contributed by atoms with Crippen LogP contribution in [0, 0.1) is 0 Å². The highest BCUT2D eigenvalue weighted by Gasteiger charge is 2.21. The molecule has 4 rings (SSSR count). The molecule has 0 aliphatic carbocycles. The topological polar surface area (TPSA) is 46.1 Å². The molecule has 1 aliphatic rings. The van der Waals surface area contributed by atoms with Crippen molar-refractivity contribution in [2.45, 2.75) is 30.7 Å². The molecule has 0 fully saturated rings. The zero-order chi connectivity index (χ0) is 17.4. The third-order valence-electron chi connectivity index (χ3n) is 5.06. The average molecular weight is 372 g/mol. The first-order valence-electron chi connectivity index (χ1n) is 8.50. The Morgan fingerprint density at radius 2 is 2.04 bits per heavy atom. The minimum Gasteiger partial charge on any atom is -0.296 e. The summed E-state index contributed by atoms with van der Waals surface area (Å²) in [5.41, 5.74) is 6.70. The minimum absolute atomic E-state index is 0.347. The molecule has 2 atom stereocenters. The Kier molecular flexibility index (Phi) is 4.67. The van der Waals surface area contributed by atoms with Gasteiger partial charge in [-0.1, -0.05) is 6.07 Å². The second kappa shape index (κ2) is 6.94. The van der Waals surface area contributed by atoms with Crippen LogP contribution < -0.4 is 0 Å². The number of fused-ring (bicyclic) bond motifs is 2. The zero-order valence-electron chi connectivity index (χ0n) is 14.4. The summed E-state index contributed by atoms with van der Waals surface area (Å²) in [5.74, 6) is 0. The zero-order valence-corrected chi connectivity index (χ0v) is 16.1. The number of hydrogen-bond acceptors (Lipinski definition) is 5. The van der Waals surface area contributed by atoms with Crippen molar-refractivity contribution in [1.82, 2.24) is 14.9 Å². The summed E-state index contributed by atoms with van der Waals surface area (Å²) in [4.78, 5) is 12.4. The highest BCUT2D eigenvalue weighted by atomic mass is 32.2. The molecule has 0 saturated heterocycles. The molecule has 3 heterocycles. The van der Waals surface area contributed by atoms with Gasteiger partial charge in [0.1, 0.15) is 0 Å². The normalized spacial score (nSPS) is 17.8. The van der Waals surface area contributed by atoms with Crippen molar-refractivity contribution in [1.29, 1.82) is 0 Å². The first-order valence-corrected chi connectivity index (χ1v) is 10.9. The summed E-state index contributed by atoms with van der Waals surface area (Å²) in [6.07, 6.45) is 5.37. The van der Waals surface area contributed by atoms with Crippen molar-refractivity contribution < 1.29 is 4.21 Å². The van der Waals surface area contributed by atoms with E-state index < -0.39 is 10.8 Å².